The van der Waals surface area contributed by atoms with E-state index in [1.54, 1.807) is 42.5 Å². The van der Waals surface area contributed by atoms with Crippen LogP contribution in [0, 0.1) is 5.41 Å². The normalized spacial score (nSPS) is 13.8. The summed E-state index contributed by atoms with van der Waals surface area (Å²) in [6.07, 6.45) is 8.51. The molecule has 0 atom stereocenters. The van der Waals surface area contributed by atoms with Crippen LogP contribution in [0.3, 0.4) is 0 Å². The van der Waals surface area contributed by atoms with E-state index >= 15 is 0 Å². The molecule has 1 aromatic heterocycles. The lowest BCUT2D eigenvalue weighted by Crippen LogP contribution is -2.20. The summed E-state index contributed by atoms with van der Waals surface area (Å²) in [5.41, 5.74) is 3.56. The molecule has 0 aliphatic heterocycles. The smallest absolute Gasteiger partial charge is 0.259 e. The highest BCUT2D eigenvalue weighted by Crippen LogP contribution is 2.25. The summed E-state index contributed by atoms with van der Waals surface area (Å²) in [7, 11) is 0. The van der Waals surface area contributed by atoms with E-state index in [1.807, 2.05) is 30.3 Å². The van der Waals surface area contributed by atoms with Crippen LogP contribution in [0.15, 0.2) is 101 Å². The van der Waals surface area contributed by atoms with Gasteiger partial charge in [0, 0.05) is 15.9 Å². The van der Waals surface area contributed by atoms with Crippen molar-refractivity contribution in [1.29, 1.82) is 5.41 Å². The lowest BCUT2D eigenvalue weighted by molar-refractivity contribution is 0.104. The molecule has 4 nitrogen and oxygen atoms in total. The Hall–Kier alpha value is -3.76. The Morgan fingerprint density at radius 3 is 2.65 bits per heavy atom. The van der Waals surface area contributed by atoms with Gasteiger partial charge < -0.3 is 10.4 Å². The van der Waals surface area contributed by atoms with Crippen molar-refractivity contribution in [2.24, 2.45) is 0 Å². The maximum Gasteiger partial charge on any atom is 0.259 e. The molecular formula is C26H19ClN2O2. The minimum atomic E-state index is -0.435. The van der Waals surface area contributed by atoms with Crippen LogP contribution in [0.25, 0.3) is 10.9 Å². The van der Waals surface area contributed by atoms with Crippen molar-refractivity contribution >= 4 is 34.0 Å². The average Bonchev–Trinajstić information content (AvgIpc) is 2.75. The van der Waals surface area contributed by atoms with E-state index in [0.717, 1.165) is 16.5 Å². The van der Waals surface area contributed by atoms with Crippen molar-refractivity contribution in [3.63, 3.8) is 0 Å². The molecule has 4 rings (SSSR count). The zero-order valence-electron chi connectivity index (χ0n) is 16.6. The number of halogens is 1. The number of hydrogen-bond donors (Lipinski definition) is 2. The van der Waals surface area contributed by atoms with E-state index in [0.29, 0.717) is 33.8 Å². The highest BCUT2D eigenvalue weighted by molar-refractivity contribution is 6.31. The number of H-pyrrole nitrogens is 1. The van der Waals surface area contributed by atoms with E-state index < -0.39 is 11.3 Å². The Bertz CT molecular complexity index is 1380. The number of allylic oxidation sites excluding steroid dienone is 7. The van der Waals surface area contributed by atoms with Crippen LogP contribution in [-0.2, 0) is 6.42 Å². The van der Waals surface area contributed by atoms with Crippen LogP contribution in [0.5, 0.6) is 0 Å². The molecule has 5 heteroatoms. The van der Waals surface area contributed by atoms with Crippen LogP contribution in [-0.4, -0.2) is 16.5 Å². The third kappa shape index (κ3) is 4.39. The van der Waals surface area contributed by atoms with Gasteiger partial charge in [-0.2, -0.15) is 0 Å². The standard InChI is InChI=1S/C26H19ClN2O2/c1-16-13-18(7-10-22(16)28)8-12-24(30)25-21(14-17-5-3-2-4-6-17)20-15-19(27)9-11-23(20)29-26(25)31/h2-13,15,28H,1,14H2,(H,29,31)/b12-8+,28-22?. The lowest BCUT2D eigenvalue weighted by Gasteiger charge is -2.12. The predicted molar refractivity (Wildman–Crippen MR) is 126 cm³/mol. The maximum absolute atomic E-state index is 13.1. The fourth-order valence-electron chi connectivity index (χ4n) is 3.55. The van der Waals surface area contributed by atoms with Crippen LogP contribution >= 0.6 is 11.6 Å². The van der Waals surface area contributed by atoms with E-state index in [4.69, 9.17) is 17.0 Å². The zero-order chi connectivity index (χ0) is 22.0. The molecule has 0 amide bonds. The SMILES string of the molecule is C=C1C=C(/C=C/C(=O)c2c(Cc3ccccc3)c3cc(Cl)ccc3[nH]c2=O)C=CC1=N. The lowest BCUT2D eigenvalue weighted by atomic mass is 9.94. The fraction of sp³-hybridized carbons (Fsp3) is 0.0385. The van der Waals surface area contributed by atoms with Gasteiger partial charge in [-0.05, 0) is 65.1 Å². The van der Waals surface area contributed by atoms with Crippen molar-refractivity contribution in [2.75, 3.05) is 0 Å². The predicted octanol–water partition coefficient (Wildman–Crippen LogP) is 5.58. The number of rotatable bonds is 5. The minimum absolute atomic E-state index is 0.0989. The van der Waals surface area contributed by atoms with E-state index in [1.165, 1.54) is 6.08 Å². The Morgan fingerprint density at radius 2 is 1.90 bits per heavy atom. The fourth-order valence-corrected chi connectivity index (χ4v) is 3.72. The summed E-state index contributed by atoms with van der Waals surface area (Å²) in [6.45, 7) is 3.81. The van der Waals surface area contributed by atoms with Gasteiger partial charge in [0.1, 0.15) is 0 Å². The first-order valence-corrected chi connectivity index (χ1v) is 10.1. The molecule has 2 aromatic carbocycles. The summed E-state index contributed by atoms with van der Waals surface area (Å²) in [5.74, 6) is -0.394. The van der Waals surface area contributed by atoms with Gasteiger partial charge >= 0.3 is 0 Å². The Balaban J connectivity index is 1.82. The van der Waals surface area contributed by atoms with E-state index in [2.05, 4.69) is 11.6 Å². The molecule has 152 valence electrons. The molecule has 31 heavy (non-hydrogen) atoms. The molecule has 0 spiro atoms. The molecule has 0 fully saturated rings. The molecular weight excluding hydrogens is 408 g/mol. The highest BCUT2D eigenvalue weighted by atomic mass is 35.5. The van der Waals surface area contributed by atoms with Crippen LogP contribution < -0.4 is 5.56 Å². The number of benzene rings is 2. The van der Waals surface area contributed by atoms with Gasteiger partial charge in [0.05, 0.1) is 11.3 Å². The van der Waals surface area contributed by atoms with Gasteiger partial charge in [-0.1, -0.05) is 60.7 Å². The number of carbonyl (C=O) groups is 1. The van der Waals surface area contributed by atoms with E-state index in [9.17, 15) is 9.59 Å². The molecule has 1 heterocycles. The Labute approximate surface area is 184 Å². The van der Waals surface area contributed by atoms with Crippen LogP contribution in [0.2, 0.25) is 5.02 Å². The minimum Gasteiger partial charge on any atom is -0.321 e. The second kappa shape index (κ2) is 8.54. The van der Waals surface area contributed by atoms with Gasteiger partial charge in [-0.25, -0.2) is 0 Å². The first-order chi connectivity index (χ1) is 14.9. The number of aromatic amines is 1. The molecule has 1 aliphatic carbocycles. The average molecular weight is 427 g/mol. The molecule has 3 aromatic rings. The Morgan fingerprint density at radius 1 is 1.13 bits per heavy atom. The molecule has 1 aliphatic rings. The number of fused-ring (bicyclic) bond motifs is 1. The number of ketones is 1. The molecule has 0 saturated carbocycles. The quantitative estimate of drug-likeness (QED) is 0.412. The third-order valence-electron chi connectivity index (χ3n) is 5.11. The number of carbonyl (C=O) groups excluding carboxylic acids is 1. The monoisotopic (exact) mass is 426 g/mol. The van der Waals surface area contributed by atoms with Crippen molar-refractivity contribution in [2.45, 2.75) is 6.42 Å². The Kier molecular flexibility index (Phi) is 5.65. The molecule has 0 bridgehead atoms. The zero-order valence-corrected chi connectivity index (χ0v) is 17.4. The number of pyridine rings is 1. The number of aromatic nitrogens is 1. The first kappa shape index (κ1) is 20.5. The summed E-state index contributed by atoms with van der Waals surface area (Å²) < 4.78 is 0. The second-order valence-corrected chi connectivity index (χ2v) is 7.71. The summed E-state index contributed by atoms with van der Waals surface area (Å²) in [4.78, 5) is 28.8. The molecule has 0 radical (unpaired) electrons. The van der Waals surface area contributed by atoms with Gasteiger partial charge in [-0.3, -0.25) is 9.59 Å². The van der Waals surface area contributed by atoms with Gasteiger partial charge in [0.15, 0.2) is 5.78 Å². The van der Waals surface area contributed by atoms with Crippen molar-refractivity contribution in [3.05, 3.63) is 129 Å². The summed E-state index contributed by atoms with van der Waals surface area (Å²) in [6, 6.07) is 14.9. The summed E-state index contributed by atoms with van der Waals surface area (Å²) in [5, 5.41) is 8.99. The topological polar surface area (TPSA) is 73.8 Å². The second-order valence-electron chi connectivity index (χ2n) is 7.27. The molecule has 0 unspecified atom stereocenters. The summed E-state index contributed by atoms with van der Waals surface area (Å²) >= 11 is 6.22. The number of nitrogens with one attached hydrogen (secondary N) is 2. The first-order valence-electron chi connectivity index (χ1n) is 9.71. The molecule has 2 N–H and O–H groups in total. The van der Waals surface area contributed by atoms with Crippen molar-refractivity contribution < 1.29 is 4.79 Å². The third-order valence-corrected chi connectivity index (χ3v) is 5.35. The van der Waals surface area contributed by atoms with Crippen molar-refractivity contribution in [1.82, 2.24) is 4.98 Å². The van der Waals surface area contributed by atoms with Crippen LogP contribution in [0.1, 0.15) is 21.5 Å². The van der Waals surface area contributed by atoms with Gasteiger partial charge in [0.25, 0.3) is 5.56 Å². The van der Waals surface area contributed by atoms with Crippen molar-refractivity contribution in [3.8, 4) is 0 Å². The largest absolute Gasteiger partial charge is 0.321 e. The van der Waals surface area contributed by atoms with Crippen LogP contribution in [0.4, 0.5) is 0 Å². The maximum atomic E-state index is 13.1. The molecule has 0 saturated heterocycles. The highest BCUT2D eigenvalue weighted by Gasteiger charge is 2.18. The van der Waals surface area contributed by atoms with Gasteiger partial charge in [0.2, 0.25) is 0 Å². The number of hydrogen-bond acceptors (Lipinski definition) is 3. The van der Waals surface area contributed by atoms with E-state index in [-0.39, 0.29) is 5.56 Å². The van der Waals surface area contributed by atoms with Gasteiger partial charge in [-0.15, -0.1) is 0 Å².